The zero-order valence-corrected chi connectivity index (χ0v) is 11.6. The van der Waals surface area contributed by atoms with Gasteiger partial charge in [-0.1, -0.05) is 22.0 Å². The molecular weight excluding hydrogens is 318 g/mol. The first-order valence-electron chi connectivity index (χ1n) is 5.37. The standard InChI is InChI=1S/C12H11BrF2N4/c1-6-2-3-7(4-8(6)13)17-11-9(14)5-10(15)12(18-11)19-16/h2-5H,16H2,1H3,(H2,17,18,19). The zero-order chi connectivity index (χ0) is 14.0. The Bertz CT molecular complexity index is 619. The molecule has 100 valence electrons. The molecule has 2 aromatic rings. The smallest absolute Gasteiger partial charge is 0.178 e. The Hall–Kier alpha value is -1.73. The van der Waals surface area contributed by atoms with Crippen molar-refractivity contribution in [3.8, 4) is 0 Å². The summed E-state index contributed by atoms with van der Waals surface area (Å²) in [6.07, 6.45) is 0. The van der Waals surface area contributed by atoms with Crippen molar-refractivity contribution in [1.29, 1.82) is 0 Å². The van der Waals surface area contributed by atoms with Gasteiger partial charge in [0, 0.05) is 16.2 Å². The number of halogens is 3. The molecule has 0 saturated heterocycles. The largest absolute Gasteiger partial charge is 0.338 e. The van der Waals surface area contributed by atoms with Crippen molar-refractivity contribution in [3.05, 3.63) is 45.9 Å². The van der Waals surface area contributed by atoms with E-state index in [-0.39, 0.29) is 11.6 Å². The van der Waals surface area contributed by atoms with Gasteiger partial charge in [0.25, 0.3) is 0 Å². The van der Waals surface area contributed by atoms with E-state index in [1.54, 1.807) is 12.1 Å². The van der Waals surface area contributed by atoms with E-state index in [1.807, 2.05) is 13.0 Å². The van der Waals surface area contributed by atoms with Crippen LogP contribution in [-0.2, 0) is 0 Å². The van der Waals surface area contributed by atoms with Gasteiger partial charge in [-0.15, -0.1) is 0 Å². The van der Waals surface area contributed by atoms with E-state index in [4.69, 9.17) is 5.84 Å². The summed E-state index contributed by atoms with van der Waals surface area (Å²) in [7, 11) is 0. The van der Waals surface area contributed by atoms with Crippen LogP contribution in [0, 0.1) is 18.6 Å². The highest BCUT2D eigenvalue weighted by Crippen LogP contribution is 2.25. The van der Waals surface area contributed by atoms with Gasteiger partial charge in [-0.05, 0) is 24.6 Å². The van der Waals surface area contributed by atoms with Gasteiger partial charge in [0.15, 0.2) is 23.3 Å². The molecule has 7 heteroatoms. The van der Waals surface area contributed by atoms with Gasteiger partial charge < -0.3 is 10.7 Å². The third kappa shape index (κ3) is 2.99. The Morgan fingerprint density at radius 3 is 2.47 bits per heavy atom. The fourth-order valence-electron chi connectivity index (χ4n) is 1.46. The lowest BCUT2D eigenvalue weighted by atomic mass is 10.2. The molecule has 0 fully saturated rings. The molecule has 0 atom stereocenters. The van der Waals surface area contributed by atoms with Crippen LogP contribution in [0.1, 0.15) is 5.56 Å². The average Bonchev–Trinajstić information content (AvgIpc) is 2.37. The Morgan fingerprint density at radius 2 is 1.84 bits per heavy atom. The summed E-state index contributed by atoms with van der Waals surface area (Å²) in [5.41, 5.74) is 3.73. The third-order valence-corrected chi connectivity index (χ3v) is 3.36. The number of aryl methyl sites for hydroxylation is 1. The number of nitrogens with one attached hydrogen (secondary N) is 2. The molecule has 0 aliphatic carbocycles. The summed E-state index contributed by atoms with van der Waals surface area (Å²) in [6.45, 7) is 1.93. The molecule has 4 nitrogen and oxygen atoms in total. The molecule has 0 bridgehead atoms. The van der Waals surface area contributed by atoms with Gasteiger partial charge >= 0.3 is 0 Å². The van der Waals surface area contributed by atoms with Crippen LogP contribution in [0.3, 0.4) is 0 Å². The molecule has 2 rings (SSSR count). The van der Waals surface area contributed by atoms with Gasteiger partial charge in [-0.25, -0.2) is 19.6 Å². The molecule has 1 aromatic carbocycles. The maximum atomic E-state index is 13.6. The van der Waals surface area contributed by atoms with Crippen LogP contribution in [0.15, 0.2) is 28.7 Å². The number of hydrogen-bond donors (Lipinski definition) is 3. The number of hydrazine groups is 1. The van der Waals surface area contributed by atoms with Gasteiger partial charge in [-0.2, -0.15) is 0 Å². The normalized spacial score (nSPS) is 10.4. The summed E-state index contributed by atoms with van der Waals surface area (Å²) >= 11 is 3.37. The van der Waals surface area contributed by atoms with Crippen LogP contribution in [0.5, 0.6) is 0 Å². The van der Waals surface area contributed by atoms with E-state index < -0.39 is 11.6 Å². The second kappa shape index (κ2) is 5.50. The van der Waals surface area contributed by atoms with E-state index in [1.165, 1.54) is 0 Å². The van der Waals surface area contributed by atoms with Gasteiger partial charge in [-0.3, -0.25) is 0 Å². The SMILES string of the molecule is Cc1ccc(Nc2nc(NN)c(F)cc2F)cc1Br. The first kappa shape index (κ1) is 13.7. The molecule has 0 aliphatic heterocycles. The first-order valence-corrected chi connectivity index (χ1v) is 6.16. The van der Waals surface area contributed by atoms with E-state index in [0.717, 1.165) is 10.0 Å². The monoisotopic (exact) mass is 328 g/mol. The number of anilines is 3. The summed E-state index contributed by atoms with van der Waals surface area (Å²) in [6, 6.07) is 6.11. The van der Waals surface area contributed by atoms with Gasteiger partial charge in [0.05, 0.1) is 0 Å². The van der Waals surface area contributed by atoms with Crippen LogP contribution in [0.25, 0.3) is 0 Å². The summed E-state index contributed by atoms with van der Waals surface area (Å²) in [5.74, 6) is 3.11. The minimum atomic E-state index is -0.851. The molecule has 0 radical (unpaired) electrons. The van der Waals surface area contributed by atoms with E-state index in [0.29, 0.717) is 11.8 Å². The summed E-state index contributed by atoms with van der Waals surface area (Å²) in [4.78, 5) is 3.73. The Morgan fingerprint density at radius 1 is 1.16 bits per heavy atom. The van der Waals surface area contributed by atoms with Crippen molar-refractivity contribution >= 4 is 33.3 Å². The molecule has 0 amide bonds. The maximum absolute atomic E-state index is 13.6. The number of rotatable bonds is 3. The van der Waals surface area contributed by atoms with Crippen LogP contribution in [0.4, 0.5) is 26.1 Å². The predicted octanol–water partition coefficient (Wildman–Crippen LogP) is 3.46. The van der Waals surface area contributed by atoms with Crippen molar-refractivity contribution in [2.45, 2.75) is 6.92 Å². The van der Waals surface area contributed by atoms with Crippen molar-refractivity contribution in [2.24, 2.45) is 5.84 Å². The van der Waals surface area contributed by atoms with E-state index >= 15 is 0 Å². The Kier molecular flexibility index (Phi) is 3.96. The number of pyridine rings is 1. The van der Waals surface area contributed by atoms with Crippen LogP contribution < -0.4 is 16.6 Å². The molecule has 19 heavy (non-hydrogen) atoms. The second-order valence-corrected chi connectivity index (χ2v) is 4.74. The molecule has 0 aliphatic rings. The van der Waals surface area contributed by atoms with Crippen molar-refractivity contribution in [1.82, 2.24) is 4.98 Å². The number of nitrogens with two attached hydrogens (primary N) is 1. The third-order valence-electron chi connectivity index (χ3n) is 2.50. The highest BCUT2D eigenvalue weighted by molar-refractivity contribution is 9.10. The van der Waals surface area contributed by atoms with Crippen molar-refractivity contribution in [2.75, 3.05) is 10.7 Å². The minimum absolute atomic E-state index is 0.106. The molecule has 0 spiro atoms. The van der Waals surface area contributed by atoms with Crippen LogP contribution in [-0.4, -0.2) is 4.98 Å². The van der Waals surface area contributed by atoms with Crippen LogP contribution >= 0.6 is 15.9 Å². The lowest BCUT2D eigenvalue weighted by Gasteiger charge is -2.10. The number of nitrogens with zero attached hydrogens (tertiary/aromatic N) is 1. The molecule has 0 unspecified atom stereocenters. The number of nitrogen functional groups attached to an aromatic ring is 1. The fraction of sp³-hybridized carbons (Fsp3) is 0.0833. The average molecular weight is 329 g/mol. The number of hydrogen-bond acceptors (Lipinski definition) is 4. The van der Waals surface area contributed by atoms with E-state index in [9.17, 15) is 8.78 Å². The molecule has 1 heterocycles. The van der Waals surface area contributed by atoms with Crippen molar-refractivity contribution in [3.63, 3.8) is 0 Å². The Balaban J connectivity index is 2.34. The fourth-order valence-corrected chi connectivity index (χ4v) is 1.84. The van der Waals surface area contributed by atoms with Crippen LogP contribution in [0.2, 0.25) is 0 Å². The summed E-state index contributed by atoms with van der Waals surface area (Å²) in [5, 5.41) is 2.76. The zero-order valence-electron chi connectivity index (χ0n) is 9.97. The lowest BCUT2D eigenvalue weighted by Crippen LogP contribution is -2.12. The first-order chi connectivity index (χ1) is 9.01. The van der Waals surface area contributed by atoms with Crippen molar-refractivity contribution < 1.29 is 8.78 Å². The Labute approximate surface area is 117 Å². The molecule has 1 aromatic heterocycles. The number of aromatic nitrogens is 1. The van der Waals surface area contributed by atoms with E-state index in [2.05, 4.69) is 31.7 Å². The number of benzene rings is 1. The molecule has 4 N–H and O–H groups in total. The maximum Gasteiger partial charge on any atom is 0.178 e. The molecule has 0 saturated carbocycles. The highest BCUT2D eigenvalue weighted by atomic mass is 79.9. The minimum Gasteiger partial charge on any atom is -0.338 e. The topological polar surface area (TPSA) is 63.0 Å². The van der Waals surface area contributed by atoms with Gasteiger partial charge in [0.2, 0.25) is 0 Å². The predicted molar refractivity (Wildman–Crippen MR) is 74.1 cm³/mol. The quantitative estimate of drug-likeness (QED) is 0.596. The summed E-state index contributed by atoms with van der Waals surface area (Å²) < 4.78 is 27.7. The molecular formula is C12H11BrF2N4. The highest BCUT2D eigenvalue weighted by Gasteiger charge is 2.11. The second-order valence-electron chi connectivity index (χ2n) is 3.88. The van der Waals surface area contributed by atoms with Gasteiger partial charge in [0.1, 0.15) is 0 Å². The lowest BCUT2D eigenvalue weighted by molar-refractivity contribution is 0.579.